The molecule has 2 aromatic rings. The third-order valence-corrected chi connectivity index (χ3v) is 5.59. The van der Waals surface area contributed by atoms with E-state index in [0.717, 1.165) is 5.56 Å². The molecule has 6 heteroatoms. The number of hydrogen-bond acceptors (Lipinski definition) is 5. The molecule has 0 amide bonds. The van der Waals surface area contributed by atoms with Crippen molar-refractivity contribution in [3.8, 4) is 5.75 Å². The molecule has 1 heterocycles. The van der Waals surface area contributed by atoms with Gasteiger partial charge in [-0.1, -0.05) is 35.9 Å². The first kappa shape index (κ1) is 19.5. The highest BCUT2D eigenvalue weighted by atomic mass is 35.5. The van der Waals surface area contributed by atoms with Crippen LogP contribution in [0.25, 0.3) is 0 Å². The van der Waals surface area contributed by atoms with Crippen molar-refractivity contribution in [1.82, 2.24) is 0 Å². The maximum absolute atomic E-state index is 12.8. The largest absolute Gasteiger partial charge is 0.493 e. The molecular formula is C23H21ClO5. The van der Waals surface area contributed by atoms with E-state index in [2.05, 4.69) is 0 Å². The molecule has 5 nitrogen and oxygen atoms in total. The summed E-state index contributed by atoms with van der Waals surface area (Å²) in [5.41, 5.74) is 1.39. The van der Waals surface area contributed by atoms with Crippen LogP contribution in [-0.4, -0.2) is 24.0 Å². The molecule has 0 radical (unpaired) electrons. The number of fused-ring (bicyclic) bond motifs is 1. The molecule has 2 aromatic carbocycles. The van der Waals surface area contributed by atoms with Crippen LogP contribution in [0.3, 0.4) is 0 Å². The van der Waals surface area contributed by atoms with Crippen LogP contribution in [-0.2, 0) is 14.3 Å². The summed E-state index contributed by atoms with van der Waals surface area (Å²) in [7, 11) is 0. The molecule has 0 spiro atoms. The highest BCUT2D eigenvalue weighted by Crippen LogP contribution is 2.35. The van der Waals surface area contributed by atoms with Gasteiger partial charge in [-0.2, -0.15) is 0 Å². The van der Waals surface area contributed by atoms with Gasteiger partial charge in [0.25, 0.3) is 0 Å². The molecule has 0 N–H and O–H groups in total. The van der Waals surface area contributed by atoms with Crippen molar-refractivity contribution in [3.63, 3.8) is 0 Å². The summed E-state index contributed by atoms with van der Waals surface area (Å²) in [6, 6.07) is 14.3. The van der Waals surface area contributed by atoms with Crippen molar-refractivity contribution in [2.24, 2.45) is 5.92 Å². The number of esters is 1. The fraction of sp³-hybridized carbons (Fsp3) is 0.304. The molecule has 29 heavy (non-hydrogen) atoms. The quantitative estimate of drug-likeness (QED) is 0.671. The van der Waals surface area contributed by atoms with E-state index in [1.807, 2.05) is 25.1 Å². The molecule has 3 unspecified atom stereocenters. The Bertz CT molecular complexity index is 967. The number of hydrogen-bond donors (Lipinski definition) is 0. The third-order valence-electron chi connectivity index (χ3n) is 5.26. The van der Waals surface area contributed by atoms with Gasteiger partial charge in [-0.3, -0.25) is 4.79 Å². The zero-order valence-corrected chi connectivity index (χ0v) is 16.7. The Balaban J connectivity index is 1.40. The average Bonchev–Trinajstić information content (AvgIpc) is 2.70. The van der Waals surface area contributed by atoms with Gasteiger partial charge in [-0.25, -0.2) is 4.79 Å². The van der Waals surface area contributed by atoms with Crippen LogP contribution < -0.4 is 4.74 Å². The second kappa shape index (κ2) is 8.29. The Kier molecular flexibility index (Phi) is 5.58. The topological polar surface area (TPSA) is 61.8 Å². The standard InChI is InChI=1S/C23H21ClO5/c1-14-5-4-6-15(11-14)28-21-13-27-20-12-16(9-10-18(20)22(21)25)29-23(26)17-7-2-3-8-19(17)24/h2-8,11,13,16,18,20H,9-10,12H2,1H3. The highest BCUT2D eigenvalue weighted by molar-refractivity contribution is 6.33. The van der Waals surface area contributed by atoms with Crippen LogP contribution >= 0.6 is 11.6 Å². The fourth-order valence-electron chi connectivity index (χ4n) is 3.76. The number of rotatable bonds is 4. The van der Waals surface area contributed by atoms with Crippen molar-refractivity contribution in [2.45, 2.75) is 38.4 Å². The first-order chi connectivity index (χ1) is 14.0. The van der Waals surface area contributed by atoms with Crippen LogP contribution in [0.15, 0.2) is 60.6 Å². The fourth-order valence-corrected chi connectivity index (χ4v) is 3.97. The lowest BCUT2D eigenvalue weighted by Gasteiger charge is -2.36. The zero-order valence-electron chi connectivity index (χ0n) is 16.0. The monoisotopic (exact) mass is 412 g/mol. The molecule has 0 saturated heterocycles. The summed E-state index contributed by atoms with van der Waals surface area (Å²) in [5, 5.41) is 0.358. The Labute approximate surface area is 174 Å². The van der Waals surface area contributed by atoms with E-state index in [-0.39, 0.29) is 29.7 Å². The number of ketones is 1. The minimum absolute atomic E-state index is 0.0707. The molecule has 1 fully saturated rings. The van der Waals surface area contributed by atoms with E-state index in [4.69, 9.17) is 25.8 Å². The molecule has 0 bridgehead atoms. The Morgan fingerprint density at radius 2 is 1.97 bits per heavy atom. The van der Waals surface area contributed by atoms with Gasteiger partial charge in [0.1, 0.15) is 24.2 Å². The summed E-state index contributed by atoms with van der Waals surface area (Å²) < 4.78 is 17.1. The summed E-state index contributed by atoms with van der Waals surface area (Å²) in [6.07, 6.45) is 2.35. The molecule has 0 aromatic heterocycles. The van der Waals surface area contributed by atoms with Crippen molar-refractivity contribution >= 4 is 23.4 Å². The van der Waals surface area contributed by atoms with Crippen LogP contribution in [0.5, 0.6) is 5.75 Å². The first-order valence-corrected chi connectivity index (χ1v) is 9.99. The van der Waals surface area contributed by atoms with Gasteiger partial charge in [-0.15, -0.1) is 0 Å². The van der Waals surface area contributed by atoms with Gasteiger partial charge in [-0.05, 0) is 49.6 Å². The number of aryl methyl sites for hydroxylation is 1. The number of carbonyl (C=O) groups excluding carboxylic acids is 2. The normalized spacial score (nSPS) is 23.4. The maximum atomic E-state index is 12.8. The van der Waals surface area contributed by atoms with E-state index in [1.54, 1.807) is 30.3 Å². The molecule has 150 valence electrons. The van der Waals surface area contributed by atoms with Gasteiger partial charge < -0.3 is 14.2 Å². The summed E-state index contributed by atoms with van der Waals surface area (Å²) in [4.78, 5) is 25.2. The van der Waals surface area contributed by atoms with Crippen LogP contribution in [0.2, 0.25) is 5.02 Å². The Morgan fingerprint density at radius 1 is 1.14 bits per heavy atom. The van der Waals surface area contributed by atoms with E-state index < -0.39 is 5.97 Å². The second-order valence-corrected chi connectivity index (χ2v) is 7.77. The van der Waals surface area contributed by atoms with Gasteiger partial charge in [0, 0.05) is 6.42 Å². The predicted octanol–water partition coefficient (Wildman–Crippen LogP) is 4.86. The van der Waals surface area contributed by atoms with Crippen molar-refractivity contribution in [1.29, 1.82) is 0 Å². The maximum Gasteiger partial charge on any atom is 0.339 e. The predicted molar refractivity (Wildman–Crippen MR) is 108 cm³/mol. The van der Waals surface area contributed by atoms with Crippen molar-refractivity contribution in [3.05, 3.63) is 76.7 Å². The SMILES string of the molecule is Cc1cccc(OC2=COC3CC(OC(=O)c4ccccc4Cl)CCC3C2=O)c1. The van der Waals surface area contributed by atoms with Crippen LogP contribution in [0, 0.1) is 12.8 Å². The Morgan fingerprint density at radius 3 is 2.76 bits per heavy atom. The van der Waals surface area contributed by atoms with Gasteiger partial charge in [0.05, 0.1) is 16.5 Å². The van der Waals surface area contributed by atoms with E-state index in [1.165, 1.54) is 6.26 Å². The van der Waals surface area contributed by atoms with Gasteiger partial charge in [0.15, 0.2) is 0 Å². The Hall–Kier alpha value is -2.79. The molecule has 4 rings (SSSR count). The number of carbonyl (C=O) groups is 2. The average molecular weight is 413 g/mol. The first-order valence-electron chi connectivity index (χ1n) is 9.61. The smallest absolute Gasteiger partial charge is 0.339 e. The van der Waals surface area contributed by atoms with Crippen LogP contribution in [0.4, 0.5) is 0 Å². The van der Waals surface area contributed by atoms with Gasteiger partial charge >= 0.3 is 5.97 Å². The minimum Gasteiger partial charge on any atom is -0.493 e. The van der Waals surface area contributed by atoms with Crippen molar-refractivity contribution < 1.29 is 23.8 Å². The van der Waals surface area contributed by atoms with Crippen molar-refractivity contribution in [2.75, 3.05) is 0 Å². The molecule has 1 aliphatic heterocycles. The minimum atomic E-state index is -0.458. The number of ether oxygens (including phenoxy) is 3. The summed E-state index contributed by atoms with van der Waals surface area (Å²) in [5.74, 6) is -0.00808. The number of halogens is 1. The van der Waals surface area contributed by atoms with E-state index in [9.17, 15) is 9.59 Å². The summed E-state index contributed by atoms with van der Waals surface area (Å²) >= 11 is 6.07. The van der Waals surface area contributed by atoms with Crippen LogP contribution in [0.1, 0.15) is 35.2 Å². The van der Waals surface area contributed by atoms with E-state index >= 15 is 0 Å². The van der Waals surface area contributed by atoms with E-state index in [0.29, 0.717) is 35.6 Å². The number of allylic oxidation sites excluding steroid dienone is 1. The molecular weight excluding hydrogens is 392 g/mol. The molecule has 2 aliphatic rings. The third kappa shape index (κ3) is 4.30. The molecule has 1 aliphatic carbocycles. The number of benzene rings is 2. The lowest BCUT2D eigenvalue weighted by Crippen LogP contribution is -2.43. The molecule has 3 atom stereocenters. The summed E-state index contributed by atoms with van der Waals surface area (Å²) in [6.45, 7) is 1.96. The lowest BCUT2D eigenvalue weighted by atomic mass is 9.80. The highest BCUT2D eigenvalue weighted by Gasteiger charge is 2.42. The second-order valence-electron chi connectivity index (χ2n) is 7.37. The van der Waals surface area contributed by atoms with Gasteiger partial charge in [0.2, 0.25) is 11.5 Å². The number of Topliss-reactive ketones (excluding diaryl/α,β-unsaturated/α-hetero) is 1. The zero-order chi connectivity index (χ0) is 20.4. The lowest BCUT2D eigenvalue weighted by molar-refractivity contribution is -0.132. The molecule has 1 saturated carbocycles.